The van der Waals surface area contributed by atoms with E-state index in [1.54, 1.807) is 6.92 Å². The molecule has 4 atom stereocenters. The minimum atomic E-state index is -1.50. The van der Waals surface area contributed by atoms with Gasteiger partial charge in [0, 0.05) is 38.9 Å². The first kappa shape index (κ1) is 78.4. The molecule has 4 amide bonds. The van der Waals surface area contributed by atoms with E-state index in [0.29, 0.717) is 26.0 Å². The van der Waals surface area contributed by atoms with Gasteiger partial charge in [-0.2, -0.15) is 0 Å². The lowest BCUT2D eigenvalue weighted by atomic mass is 9.93. The van der Waals surface area contributed by atoms with Gasteiger partial charge in [0.2, 0.25) is 11.8 Å². The Morgan fingerprint density at radius 3 is 1.59 bits per heavy atom. The summed E-state index contributed by atoms with van der Waals surface area (Å²) < 4.78 is 19.4. The molecule has 0 saturated carbocycles. The summed E-state index contributed by atoms with van der Waals surface area (Å²) in [5.74, 6) is -4.82. The van der Waals surface area contributed by atoms with Crippen LogP contribution in [-0.4, -0.2) is 132 Å². The van der Waals surface area contributed by atoms with Gasteiger partial charge in [-0.25, -0.2) is 14.4 Å². The Hall–Kier alpha value is -4.58. The number of nitrogens with one attached hydrogen (secondary N) is 4. The van der Waals surface area contributed by atoms with Crippen molar-refractivity contribution in [2.24, 2.45) is 5.41 Å². The molecule has 1 aliphatic heterocycles. The summed E-state index contributed by atoms with van der Waals surface area (Å²) >= 11 is 0. The largest absolute Gasteiger partial charge is 0.481 e. The fraction of sp³-hybridized carbons (Fsp3) is 0.794. The van der Waals surface area contributed by atoms with E-state index in [-0.39, 0.29) is 50.3 Å². The lowest BCUT2D eigenvalue weighted by Gasteiger charge is -2.29. The smallest absolute Gasteiger partial charge is 0.326 e. The molecule has 0 bridgehead atoms. The second-order valence-corrected chi connectivity index (χ2v) is 24.4. The molecule has 0 aromatic heterocycles. The summed E-state index contributed by atoms with van der Waals surface area (Å²) in [6.07, 6.45) is 53.8. The first-order valence-corrected chi connectivity index (χ1v) is 33.4. The Bertz CT molecular complexity index is 1840. The molecule has 7 N–H and O–H groups in total. The second kappa shape index (κ2) is 51.5. The average molecular weight is 1200 g/mol. The Kier molecular flexibility index (Phi) is 47.5. The van der Waals surface area contributed by atoms with E-state index in [1.807, 2.05) is 13.8 Å². The van der Waals surface area contributed by atoms with Gasteiger partial charge in [-0.15, -0.1) is 0 Å². The highest BCUT2D eigenvalue weighted by molar-refractivity contribution is 5.86. The topological polar surface area (TPSA) is 242 Å². The summed E-state index contributed by atoms with van der Waals surface area (Å²) in [4.78, 5) is 74.2. The van der Waals surface area contributed by atoms with Gasteiger partial charge in [-0.3, -0.25) is 14.4 Å². The highest BCUT2D eigenvalue weighted by Crippen LogP contribution is 2.36. The standard InChI is InChI=1S/C68H121N5O12/c1-7-9-11-13-15-17-19-21-23-25-27-29-31-33-35-39-48-68(49-40-36-34-32-30-28-26-24-22-20-18-16-14-12-10-8-2)84-55-58(85-68)47-53-73(6)52-43-37-41-51-70-65(81)67(4,5)56-83-57(3)54-61(74)69-50-42-38-44-59(63(77)78)71-66(82)72-60(64(79)80)45-46-62(75)76/h15-18,21-24,57-60H,7-14,19-20,25-56H2,1-6H3,(H,69,74)(H,70,81)(H,75,76)(H,77,78)(H,79,80)(H2,71,72,82)/b17-15-,18-16-,23-21-,24-22-/t57?,58?,59-,60-/m1/s1. The number of carboxylic acid groups (broad SMARTS) is 3. The van der Waals surface area contributed by atoms with Gasteiger partial charge in [0.15, 0.2) is 5.79 Å². The third-order valence-corrected chi connectivity index (χ3v) is 15.7. The Morgan fingerprint density at radius 2 is 1.07 bits per heavy atom. The molecule has 0 spiro atoms. The van der Waals surface area contributed by atoms with Crippen LogP contribution in [0.15, 0.2) is 48.6 Å². The number of rotatable bonds is 57. The Labute approximate surface area is 514 Å². The molecule has 0 aromatic carbocycles. The van der Waals surface area contributed by atoms with Crippen molar-refractivity contribution >= 4 is 35.8 Å². The molecule has 1 heterocycles. The average Bonchev–Trinajstić information content (AvgIpc) is 4.02. The fourth-order valence-electron chi connectivity index (χ4n) is 10.2. The van der Waals surface area contributed by atoms with Crippen LogP contribution in [0.1, 0.15) is 266 Å². The van der Waals surface area contributed by atoms with Crippen molar-refractivity contribution < 1.29 is 58.3 Å². The van der Waals surface area contributed by atoms with E-state index in [9.17, 15) is 39.0 Å². The van der Waals surface area contributed by atoms with E-state index in [4.69, 9.17) is 19.3 Å². The van der Waals surface area contributed by atoms with Crippen LogP contribution in [0.25, 0.3) is 0 Å². The first-order valence-electron chi connectivity index (χ1n) is 33.4. The maximum atomic E-state index is 13.1. The number of hydrogen-bond acceptors (Lipinski definition) is 10. The van der Waals surface area contributed by atoms with Gasteiger partial charge in [0.25, 0.3) is 0 Å². The molecule has 1 aliphatic rings. The van der Waals surface area contributed by atoms with Crippen LogP contribution in [0.5, 0.6) is 0 Å². The van der Waals surface area contributed by atoms with Crippen LogP contribution in [0, 0.1) is 5.41 Å². The first-order chi connectivity index (χ1) is 40.9. The molecule has 0 aliphatic carbocycles. The van der Waals surface area contributed by atoms with Crippen LogP contribution in [0.2, 0.25) is 0 Å². The van der Waals surface area contributed by atoms with Crippen molar-refractivity contribution in [3.63, 3.8) is 0 Å². The number of urea groups is 1. The molecule has 1 fully saturated rings. The van der Waals surface area contributed by atoms with Crippen molar-refractivity contribution in [1.82, 2.24) is 26.2 Å². The zero-order valence-corrected chi connectivity index (χ0v) is 54.1. The summed E-state index contributed by atoms with van der Waals surface area (Å²) in [6, 6.07) is -3.85. The summed E-state index contributed by atoms with van der Waals surface area (Å²) in [6.45, 7) is 13.4. The van der Waals surface area contributed by atoms with Gasteiger partial charge < -0.3 is 55.7 Å². The van der Waals surface area contributed by atoms with Gasteiger partial charge in [-0.1, -0.05) is 146 Å². The summed E-state index contributed by atoms with van der Waals surface area (Å²) in [5.41, 5.74) is -0.807. The van der Waals surface area contributed by atoms with Crippen LogP contribution in [0.3, 0.4) is 0 Å². The van der Waals surface area contributed by atoms with Gasteiger partial charge in [0.1, 0.15) is 12.1 Å². The third-order valence-electron chi connectivity index (χ3n) is 15.7. The number of carbonyl (C=O) groups excluding carboxylic acids is 3. The SMILES string of the molecule is CCCCC/C=C\C/C=C\CCCCCCCCC1(CCCCCCCC/C=C\C/C=C\CCCCC)OCC(CCN(C)CCCCCNC(=O)C(C)(C)COC(C)CC(=O)NCCCC[C@@H](NC(=O)N[C@H](CCC(=O)O)C(=O)O)C(=O)O)O1. The van der Waals surface area contributed by atoms with E-state index < -0.39 is 59.7 Å². The maximum Gasteiger partial charge on any atom is 0.326 e. The van der Waals surface area contributed by atoms with Crippen LogP contribution < -0.4 is 21.3 Å². The lowest BCUT2D eigenvalue weighted by molar-refractivity contribution is -0.180. The predicted molar refractivity (Wildman–Crippen MR) is 343 cm³/mol. The van der Waals surface area contributed by atoms with Crippen molar-refractivity contribution in [2.45, 2.75) is 296 Å². The lowest BCUT2D eigenvalue weighted by Crippen LogP contribution is -2.51. The number of nitrogens with zero attached hydrogens (tertiary/aromatic N) is 1. The van der Waals surface area contributed by atoms with Crippen molar-refractivity contribution in [3.8, 4) is 0 Å². The van der Waals surface area contributed by atoms with Gasteiger partial charge >= 0.3 is 23.9 Å². The molecule has 17 heteroatoms. The maximum absolute atomic E-state index is 13.1. The predicted octanol–water partition coefficient (Wildman–Crippen LogP) is 14.3. The van der Waals surface area contributed by atoms with Crippen molar-refractivity contribution in [3.05, 3.63) is 48.6 Å². The number of carbonyl (C=O) groups is 6. The third kappa shape index (κ3) is 44.5. The van der Waals surface area contributed by atoms with E-state index in [2.05, 4.69) is 95.7 Å². The van der Waals surface area contributed by atoms with Crippen LogP contribution >= 0.6 is 0 Å². The number of ether oxygens (including phenoxy) is 3. The minimum absolute atomic E-state index is 0.0169. The molecule has 1 saturated heterocycles. The number of unbranched alkanes of at least 4 members (excludes halogenated alkanes) is 21. The molecule has 85 heavy (non-hydrogen) atoms. The highest BCUT2D eigenvalue weighted by Gasteiger charge is 2.40. The molecule has 1 rings (SSSR count). The van der Waals surface area contributed by atoms with Gasteiger partial charge in [-0.05, 0) is 156 Å². The number of allylic oxidation sites excluding steroid dienone is 8. The number of aliphatic carboxylic acids is 3. The number of hydrogen-bond donors (Lipinski definition) is 7. The number of amides is 4. The van der Waals surface area contributed by atoms with Gasteiger partial charge in [0.05, 0.1) is 37.3 Å². The normalized spacial score (nSPS) is 15.5. The van der Waals surface area contributed by atoms with Crippen LogP contribution in [0.4, 0.5) is 4.79 Å². The Balaban J connectivity index is 2.41. The van der Waals surface area contributed by atoms with E-state index in [1.165, 1.54) is 128 Å². The summed E-state index contributed by atoms with van der Waals surface area (Å²) in [5, 5.41) is 37.7. The molecule has 17 nitrogen and oxygen atoms in total. The molecule has 0 aromatic rings. The monoisotopic (exact) mass is 1200 g/mol. The zero-order chi connectivity index (χ0) is 62.7. The van der Waals surface area contributed by atoms with Crippen molar-refractivity contribution in [1.29, 1.82) is 0 Å². The summed E-state index contributed by atoms with van der Waals surface area (Å²) in [7, 11) is 2.18. The zero-order valence-electron chi connectivity index (χ0n) is 54.1. The molecule has 2 unspecified atom stereocenters. The minimum Gasteiger partial charge on any atom is -0.481 e. The highest BCUT2D eigenvalue weighted by atomic mass is 16.7. The van der Waals surface area contributed by atoms with E-state index in [0.717, 1.165) is 77.3 Å². The van der Waals surface area contributed by atoms with Crippen molar-refractivity contribution in [2.75, 3.05) is 46.4 Å². The Morgan fingerprint density at radius 1 is 0.600 bits per heavy atom. The van der Waals surface area contributed by atoms with Crippen LogP contribution in [-0.2, 0) is 38.2 Å². The second-order valence-electron chi connectivity index (χ2n) is 24.4. The fourth-order valence-corrected chi connectivity index (χ4v) is 10.2. The molecule has 490 valence electrons. The molecule has 0 radical (unpaired) electrons. The number of carboxylic acids is 3. The van der Waals surface area contributed by atoms with E-state index >= 15 is 0 Å². The molecular weight excluding hydrogens is 1080 g/mol. The quantitative estimate of drug-likeness (QED) is 0.0222. The molecular formula is C68H121N5O12.